The summed E-state index contributed by atoms with van der Waals surface area (Å²) in [5.41, 5.74) is -0.725. The van der Waals surface area contributed by atoms with Crippen molar-refractivity contribution < 1.29 is 122 Å². The molecule has 0 spiro atoms. The molecular weight excluding hydrogens is 818 g/mol. The molecule has 0 heterocycles. The minimum Gasteiger partial charge on any atom is -0.481 e. The molecule has 1 amide bonds. The molecule has 0 atom stereocenters. The smallest absolute Gasteiger partial charge is 0.460 e. The maximum absolute atomic E-state index is 13.4. The van der Waals surface area contributed by atoms with Crippen LogP contribution in [0.2, 0.25) is 0 Å². The van der Waals surface area contributed by atoms with Crippen LogP contribution in [0.25, 0.3) is 0 Å². The minimum atomic E-state index is -8.69. The van der Waals surface area contributed by atoms with E-state index >= 15 is 0 Å². The third-order valence-corrected chi connectivity index (χ3v) is 5.25. The number of rotatable bonds is 15. The van der Waals surface area contributed by atoms with Gasteiger partial charge < -0.3 is 19.9 Å². The third-order valence-electron chi connectivity index (χ3n) is 5.25. The number of carboxylic acid groups (broad SMARTS) is 1. The zero-order valence-electron chi connectivity index (χ0n) is 26.8. The van der Waals surface area contributed by atoms with E-state index in [0.717, 1.165) is 13.0 Å². The number of carbonyl (C=O) groups excluding carboxylic acids is 3. The van der Waals surface area contributed by atoms with E-state index in [1.54, 1.807) is 13.8 Å². The summed E-state index contributed by atoms with van der Waals surface area (Å²) >= 11 is 0. The maximum Gasteiger partial charge on any atom is 0.460 e. The first-order chi connectivity index (χ1) is 23.5. The number of nitrogens with one attached hydrogen (secondary N) is 1. The van der Waals surface area contributed by atoms with Gasteiger partial charge in [-0.05, 0) is 32.9 Å². The standard InChI is InChI=1S/C13H7F17O2.C8H13NO3.C5H5F3O2/c1-2-32-5(31)3-4-6(14,15)7(16,17)8(18,19)9(20,21)10(22,23)11(24,25)12(26,27)13(28,29)30;1-4-6(10)9-8(2,3)5-7(11)12;1-2-4(9)10-3-5(6,7)8/h3-4H,2H2,1H3;4H,1,5H2,2-3H3,(H,9,10)(H,11,12);2H,1,3H2. The van der Waals surface area contributed by atoms with Gasteiger partial charge in [-0.2, -0.15) is 87.8 Å². The van der Waals surface area contributed by atoms with Crippen LogP contribution in [0.4, 0.5) is 87.8 Å². The molecule has 54 heavy (non-hydrogen) atoms. The van der Waals surface area contributed by atoms with Gasteiger partial charge in [0.05, 0.1) is 13.0 Å². The minimum absolute atomic E-state index is 0.105. The Morgan fingerprint density at radius 2 is 1.00 bits per heavy atom. The lowest BCUT2D eigenvalue weighted by atomic mass is 9.89. The Hall–Kier alpha value is -4.30. The molecule has 0 aliphatic carbocycles. The van der Waals surface area contributed by atoms with Gasteiger partial charge in [-0.15, -0.1) is 0 Å². The van der Waals surface area contributed by atoms with Crippen LogP contribution in [0, 0.1) is 0 Å². The Balaban J connectivity index is -0.000000957. The third kappa shape index (κ3) is 13.5. The second-order valence-electron chi connectivity index (χ2n) is 10.2. The van der Waals surface area contributed by atoms with Gasteiger partial charge in [0.1, 0.15) is 0 Å². The van der Waals surface area contributed by atoms with Crippen molar-refractivity contribution in [2.45, 2.75) is 86.5 Å². The fraction of sp³-hybridized carbons (Fsp3) is 0.615. The molecule has 0 saturated heterocycles. The lowest BCUT2D eigenvalue weighted by Gasteiger charge is -2.42. The molecule has 8 nitrogen and oxygen atoms in total. The van der Waals surface area contributed by atoms with Crippen LogP contribution in [0.15, 0.2) is 37.5 Å². The number of alkyl halides is 20. The van der Waals surface area contributed by atoms with Crippen molar-refractivity contribution >= 4 is 23.8 Å². The number of amides is 1. The Morgan fingerprint density at radius 1 is 0.611 bits per heavy atom. The van der Waals surface area contributed by atoms with Gasteiger partial charge in [0.25, 0.3) is 0 Å². The molecule has 2 N–H and O–H groups in total. The van der Waals surface area contributed by atoms with Crippen LogP contribution in [0.3, 0.4) is 0 Å². The predicted octanol–water partition coefficient (Wildman–Crippen LogP) is 7.93. The average molecular weight is 843 g/mol. The summed E-state index contributed by atoms with van der Waals surface area (Å²) in [5, 5.41) is 11.0. The number of aliphatic carboxylic acids is 1. The van der Waals surface area contributed by atoms with Crippen LogP contribution in [0.1, 0.15) is 27.2 Å². The topological polar surface area (TPSA) is 119 Å². The maximum atomic E-state index is 13.4. The highest BCUT2D eigenvalue weighted by Crippen LogP contribution is 2.64. The summed E-state index contributed by atoms with van der Waals surface area (Å²) < 4.78 is 261. The van der Waals surface area contributed by atoms with Gasteiger partial charge in [-0.1, -0.05) is 13.2 Å². The van der Waals surface area contributed by atoms with Gasteiger partial charge in [0.2, 0.25) is 5.91 Å². The normalized spacial score (nSPS) is 13.8. The number of esters is 2. The number of hydrogen-bond donors (Lipinski definition) is 2. The number of hydrogen-bond acceptors (Lipinski definition) is 6. The van der Waals surface area contributed by atoms with Gasteiger partial charge in [0, 0.05) is 17.7 Å². The molecular formula is C26H25F20NO7. The van der Waals surface area contributed by atoms with E-state index in [2.05, 4.69) is 27.9 Å². The number of ether oxygens (including phenoxy) is 2. The molecule has 0 aromatic rings. The van der Waals surface area contributed by atoms with Crippen molar-refractivity contribution in [2.75, 3.05) is 13.2 Å². The number of carboxylic acids is 1. The summed E-state index contributed by atoms with van der Waals surface area (Å²) in [6.07, 6.45) is -13.0. The molecule has 0 fully saturated rings. The van der Waals surface area contributed by atoms with Crippen LogP contribution in [0.5, 0.6) is 0 Å². The first-order valence-corrected chi connectivity index (χ1v) is 13.1. The molecule has 0 aliphatic rings. The van der Waals surface area contributed by atoms with Gasteiger partial charge in [0.15, 0.2) is 6.61 Å². The molecule has 0 saturated carbocycles. The molecule has 28 heteroatoms. The average Bonchev–Trinajstić information content (AvgIpc) is 2.97. The largest absolute Gasteiger partial charge is 0.481 e. The van der Waals surface area contributed by atoms with Gasteiger partial charge in [-0.3, -0.25) is 9.59 Å². The van der Waals surface area contributed by atoms with E-state index in [4.69, 9.17) is 5.11 Å². The number of carbonyl (C=O) groups is 4. The molecule has 0 bridgehead atoms. The number of halogens is 20. The van der Waals surface area contributed by atoms with E-state index in [0.29, 0.717) is 6.08 Å². The van der Waals surface area contributed by atoms with E-state index in [9.17, 15) is 107 Å². The van der Waals surface area contributed by atoms with E-state index in [1.807, 2.05) is 0 Å². The lowest BCUT2D eigenvalue weighted by Crippen LogP contribution is -2.74. The molecule has 0 radical (unpaired) electrons. The molecule has 0 aromatic heterocycles. The molecule has 0 aromatic carbocycles. The highest BCUT2D eigenvalue weighted by atomic mass is 19.4. The SMILES string of the molecule is C=CC(=O)NC(C)(C)CC(=O)O.C=CC(=O)OCC(F)(F)F.CCOC(=O)C=CC(F)(F)C(F)(F)C(F)(F)C(F)(F)C(F)(F)C(F)(F)C(F)(F)C(F)(F)F. The Kier molecular flexibility index (Phi) is 18.4. The Bertz CT molecular complexity index is 1350. The fourth-order valence-electron chi connectivity index (χ4n) is 2.66. The first kappa shape index (κ1) is 54.0. The van der Waals surface area contributed by atoms with Gasteiger partial charge >= 0.3 is 71.7 Å². The summed E-state index contributed by atoms with van der Waals surface area (Å²) in [7, 11) is 0. The zero-order chi connectivity index (χ0) is 44.4. The van der Waals surface area contributed by atoms with Crippen LogP contribution < -0.4 is 5.32 Å². The van der Waals surface area contributed by atoms with Crippen LogP contribution >= 0.6 is 0 Å². The van der Waals surface area contributed by atoms with Crippen LogP contribution in [-0.2, 0) is 28.7 Å². The second-order valence-corrected chi connectivity index (χ2v) is 10.2. The van der Waals surface area contributed by atoms with E-state index in [1.165, 1.54) is 0 Å². The van der Waals surface area contributed by atoms with Crippen molar-refractivity contribution in [3.8, 4) is 0 Å². The predicted molar refractivity (Wildman–Crippen MR) is 138 cm³/mol. The monoisotopic (exact) mass is 843 g/mol. The summed E-state index contributed by atoms with van der Waals surface area (Å²) in [6.45, 7) is 8.26. The highest BCUT2D eigenvalue weighted by Gasteiger charge is 2.95. The number of allylic oxidation sites excluding steroid dienone is 1. The molecule has 0 unspecified atom stereocenters. The van der Waals surface area contributed by atoms with Gasteiger partial charge in [-0.25, -0.2) is 9.59 Å². The van der Waals surface area contributed by atoms with Crippen LogP contribution in [-0.4, -0.2) is 101 Å². The Labute approximate surface area is 288 Å². The van der Waals surface area contributed by atoms with Crippen molar-refractivity contribution in [1.82, 2.24) is 5.32 Å². The summed E-state index contributed by atoms with van der Waals surface area (Å²) in [5.74, 6) is -61.5. The van der Waals surface area contributed by atoms with Crippen molar-refractivity contribution in [1.29, 1.82) is 0 Å². The zero-order valence-corrected chi connectivity index (χ0v) is 26.8. The van der Waals surface area contributed by atoms with E-state index in [-0.39, 0.29) is 12.3 Å². The second kappa shape index (κ2) is 18.4. The van der Waals surface area contributed by atoms with Crippen molar-refractivity contribution in [2.24, 2.45) is 0 Å². The molecule has 0 rings (SSSR count). The summed E-state index contributed by atoms with van der Waals surface area (Å²) in [4.78, 5) is 41.8. The quantitative estimate of drug-likeness (QED) is 0.0977. The highest BCUT2D eigenvalue weighted by molar-refractivity contribution is 5.88. The first-order valence-electron chi connectivity index (χ1n) is 13.1. The van der Waals surface area contributed by atoms with E-state index < -0.39 is 103 Å². The van der Waals surface area contributed by atoms with Crippen molar-refractivity contribution in [3.05, 3.63) is 37.5 Å². The molecule has 316 valence electrons. The summed E-state index contributed by atoms with van der Waals surface area (Å²) in [6, 6.07) is 0. The fourth-order valence-corrected chi connectivity index (χ4v) is 2.66. The lowest BCUT2D eigenvalue weighted by molar-refractivity contribution is -0.459. The van der Waals surface area contributed by atoms with Crippen molar-refractivity contribution in [3.63, 3.8) is 0 Å². The Morgan fingerprint density at radius 3 is 1.31 bits per heavy atom. The molecule has 0 aliphatic heterocycles.